The van der Waals surface area contributed by atoms with Crippen molar-refractivity contribution in [1.82, 2.24) is 10.2 Å². The van der Waals surface area contributed by atoms with Gasteiger partial charge in [-0.15, -0.1) is 0 Å². The maximum Gasteiger partial charge on any atom is 0.338 e. The monoisotopic (exact) mass is 276 g/mol. The Morgan fingerprint density at radius 3 is 2.80 bits per heavy atom. The Balaban J connectivity index is 1.72. The zero-order valence-electron chi connectivity index (χ0n) is 12.2. The van der Waals surface area contributed by atoms with Crippen molar-refractivity contribution in [2.45, 2.75) is 25.8 Å². The summed E-state index contributed by atoms with van der Waals surface area (Å²) < 4.78 is 4.80. The molecule has 110 valence electrons. The van der Waals surface area contributed by atoms with E-state index in [-0.39, 0.29) is 5.97 Å². The molecule has 1 aromatic rings. The zero-order valence-corrected chi connectivity index (χ0v) is 12.2. The van der Waals surface area contributed by atoms with E-state index in [1.165, 1.54) is 39.6 Å². The fourth-order valence-electron chi connectivity index (χ4n) is 2.64. The van der Waals surface area contributed by atoms with E-state index in [1.807, 2.05) is 24.3 Å². The number of methoxy groups -OCH3 is 1. The van der Waals surface area contributed by atoms with Crippen LogP contribution in [0.3, 0.4) is 0 Å². The number of hydrogen-bond acceptors (Lipinski definition) is 4. The number of carbonyl (C=O) groups excluding carboxylic acids is 1. The van der Waals surface area contributed by atoms with Gasteiger partial charge in [0.15, 0.2) is 0 Å². The van der Waals surface area contributed by atoms with E-state index in [0.29, 0.717) is 12.1 Å². The summed E-state index contributed by atoms with van der Waals surface area (Å²) in [6.45, 7) is 5.37. The Labute approximate surface area is 121 Å². The highest BCUT2D eigenvalue weighted by Crippen LogP contribution is 2.10. The SMILES string of the molecule is COC(=O)c1ccccc1CNCCCN1CCCC1. The number of hydrogen-bond donors (Lipinski definition) is 1. The number of carbonyl (C=O) groups is 1. The summed E-state index contributed by atoms with van der Waals surface area (Å²) in [6.07, 6.45) is 3.85. The number of nitrogens with one attached hydrogen (secondary N) is 1. The Morgan fingerprint density at radius 2 is 2.05 bits per heavy atom. The second-order valence-electron chi connectivity index (χ2n) is 5.23. The smallest absolute Gasteiger partial charge is 0.338 e. The van der Waals surface area contributed by atoms with Crippen LogP contribution in [-0.4, -0.2) is 44.2 Å². The van der Waals surface area contributed by atoms with Crippen molar-refractivity contribution in [3.63, 3.8) is 0 Å². The van der Waals surface area contributed by atoms with Crippen LogP contribution in [0.4, 0.5) is 0 Å². The zero-order chi connectivity index (χ0) is 14.2. The van der Waals surface area contributed by atoms with E-state index in [9.17, 15) is 4.79 Å². The number of rotatable bonds is 7. The predicted octanol–water partition coefficient (Wildman–Crippen LogP) is 2.05. The molecule has 4 nitrogen and oxygen atoms in total. The number of likely N-dealkylation sites (tertiary alicyclic amines) is 1. The van der Waals surface area contributed by atoms with Crippen molar-refractivity contribution in [1.29, 1.82) is 0 Å². The molecule has 2 rings (SSSR count). The van der Waals surface area contributed by atoms with Crippen LogP contribution in [0.2, 0.25) is 0 Å². The lowest BCUT2D eigenvalue weighted by Gasteiger charge is -2.14. The predicted molar refractivity (Wildman–Crippen MR) is 79.8 cm³/mol. The fourth-order valence-corrected chi connectivity index (χ4v) is 2.64. The molecule has 20 heavy (non-hydrogen) atoms. The third kappa shape index (κ3) is 4.32. The highest BCUT2D eigenvalue weighted by atomic mass is 16.5. The minimum Gasteiger partial charge on any atom is -0.465 e. The van der Waals surface area contributed by atoms with Crippen molar-refractivity contribution < 1.29 is 9.53 Å². The average Bonchev–Trinajstić information content (AvgIpc) is 3.00. The van der Waals surface area contributed by atoms with Gasteiger partial charge in [-0.2, -0.15) is 0 Å². The summed E-state index contributed by atoms with van der Waals surface area (Å²) in [5.74, 6) is -0.264. The first-order valence-electron chi connectivity index (χ1n) is 7.40. The van der Waals surface area contributed by atoms with Crippen molar-refractivity contribution in [3.05, 3.63) is 35.4 Å². The summed E-state index contributed by atoms with van der Waals surface area (Å²) in [7, 11) is 1.42. The third-order valence-electron chi connectivity index (χ3n) is 3.76. The molecule has 1 aliphatic heterocycles. The Morgan fingerprint density at radius 1 is 1.30 bits per heavy atom. The lowest BCUT2D eigenvalue weighted by atomic mass is 10.1. The van der Waals surface area contributed by atoms with E-state index in [1.54, 1.807) is 0 Å². The number of nitrogens with zero attached hydrogens (tertiary/aromatic N) is 1. The van der Waals surface area contributed by atoms with Gasteiger partial charge >= 0.3 is 5.97 Å². The maximum atomic E-state index is 11.6. The molecule has 0 radical (unpaired) electrons. The van der Waals surface area contributed by atoms with Crippen molar-refractivity contribution in [2.24, 2.45) is 0 Å². The highest BCUT2D eigenvalue weighted by Gasteiger charge is 2.11. The molecule has 0 aliphatic carbocycles. The standard InChI is InChI=1S/C16H24N2O2/c1-20-16(19)15-8-3-2-7-14(15)13-17-9-6-12-18-10-4-5-11-18/h2-3,7-8,17H,4-6,9-13H2,1H3. The van der Waals surface area contributed by atoms with Gasteiger partial charge in [-0.3, -0.25) is 0 Å². The first kappa shape index (κ1) is 15.0. The molecule has 0 spiro atoms. The van der Waals surface area contributed by atoms with Crippen LogP contribution in [0, 0.1) is 0 Å². The molecule has 1 fully saturated rings. The molecule has 1 aliphatic rings. The van der Waals surface area contributed by atoms with Crippen molar-refractivity contribution in [2.75, 3.05) is 33.3 Å². The largest absolute Gasteiger partial charge is 0.465 e. The molecule has 0 bridgehead atoms. The molecule has 1 aromatic carbocycles. The van der Waals surface area contributed by atoms with Crippen molar-refractivity contribution in [3.8, 4) is 0 Å². The van der Waals surface area contributed by atoms with E-state index in [4.69, 9.17) is 4.74 Å². The average molecular weight is 276 g/mol. The summed E-state index contributed by atoms with van der Waals surface area (Å²) in [6, 6.07) is 7.60. The first-order chi connectivity index (χ1) is 9.81. The minimum absolute atomic E-state index is 0.264. The molecule has 0 aromatic heterocycles. The van der Waals surface area contributed by atoms with E-state index >= 15 is 0 Å². The molecule has 0 saturated carbocycles. The lowest BCUT2D eigenvalue weighted by Crippen LogP contribution is -2.25. The first-order valence-corrected chi connectivity index (χ1v) is 7.40. The Hall–Kier alpha value is -1.39. The van der Waals surface area contributed by atoms with Crippen LogP contribution >= 0.6 is 0 Å². The maximum absolute atomic E-state index is 11.6. The summed E-state index contributed by atoms with van der Waals surface area (Å²) in [5.41, 5.74) is 1.66. The van der Waals surface area contributed by atoms with Crippen molar-refractivity contribution >= 4 is 5.97 Å². The van der Waals surface area contributed by atoms with Gasteiger partial charge < -0.3 is 15.0 Å². The molecule has 1 N–H and O–H groups in total. The third-order valence-corrected chi connectivity index (χ3v) is 3.76. The summed E-state index contributed by atoms with van der Waals surface area (Å²) in [5, 5.41) is 3.41. The second-order valence-corrected chi connectivity index (χ2v) is 5.23. The van der Waals surface area contributed by atoms with Crippen LogP contribution < -0.4 is 5.32 Å². The molecular weight excluding hydrogens is 252 g/mol. The van der Waals surface area contributed by atoms with Gasteiger partial charge in [0.1, 0.15) is 0 Å². The number of ether oxygens (including phenoxy) is 1. The molecule has 0 unspecified atom stereocenters. The summed E-state index contributed by atoms with van der Waals surface area (Å²) in [4.78, 5) is 14.2. The Kier molecular flexibility index (Phi) is 6.02. The van der Waals surface area contributed by atoms with Gasteiger partial charge in [0, 0.05) is 6.54 Å². The molecule has 0 atom stereocenters. The van der Waals surface area contributed by atoms with Crippen LogP contribution in [0.1, 0.15) is 35.2 Å². The van der Waals surface area contributed by atoms with Gasteiger partial charge in [-0.1, -0.05) is 18.2 Å². The summed E-state index contributed by atoms with van der Waals surface area (Å²) >= 11 is 0. The molecule has 1 heterocycles. The van der Waals surface area contributed by atoms with E-state index in [0.717, 1.165) is 18.5 Å². The Bertz CT molecular complexity index is 428. The fraction of sp³-hybridized carbons (Fsp3) is 0.562. The highest BCUT2D eigenvalue weighted by molar-refractivity contribution is 5.90. The normalized spacial score (nSPS) is 15.4. The minimum atomic E-state index is -0.264. The van der Waals surface area contributed by atoms with Crippen LogP contribution in [-0.2, 0) is 11.3 Å². The van der Waals surface area contributed by atoms with Gasteiger partial charge in [-0.25, -0.2) is 4.79 Å². The molecule has 0 amide bonds. The van der Waals surface area contributed by atoms with Gasteiger partial charge in [-0.05, 0) is 57.1 Å². The van der Waals surface area contributed by atoms with E-state index < -0.39 is 0 Å². The number of esters is 1. The second kappa shape index (κ2) is 8.02. The van der Waals surface area contributed by atoms with Gasteiger partial charge in [0.2, 0.25) is 0 Å². The molecule has 4 heteroatoms. The lowest BCUT2D eigenvalue weighted by molar-refractivity contribution is 0.0599. The number of benzene rings is 1. The van der Waals surface area contributed by atoms with Crippen LogP contribution in [0.5, 0.6) is 0 Å². The quantitative estimate of drug-likeness (QED) is 0.611. The van der Waals surface area contributed by atoms with Crippen LogP contribution in [0.15, 0.2) is 24.3 Å². The van der Waals surface area contributed by atoms with Crippen LogP contribution in [0.25, 0.3) is 0 Å². The van der Waals surface area contributed by atoms with E-state index in [2.05, 4.69) is 10.2 Å². The molecular formula is C16H24N2O2. The topological polar surface area (TPSA) is 41.6 Å². The van der Waals surface area contributed by atoms with Gasteiger partial charge in [0.25, 0.3) is 0 Å². The van der Waals surface area contributed by atoms with Gasteiger partial charge in [0.05, 0.1) is 12.7 Å². The molecule has 1 saturated heterocycles.